The zero-order valence-corrected chi connectivity index (χ0v) is 18.4. The Morgan fingerprint density at radius 1 is 1.32 bits per heavy atom. The fourth-order valence-corrected chi connectivity index (χ4v) is 4.80. The van der Waals surface area contributed by atoms with Gasteiger partial charge in [0, 0.05) is 36.7 Å². The second-order valence-corrected chi connectivity index (χ2v) is 8.97. The maximum atomic E-state index is 12.8. The molecule has 10 heteroatoms. The number of carbonyl (C=O) groups is 2. The highest BCUT2D eigenvalue weighted by Gasteiger charge is 2.40. The summed E-state index contributed by atoms with van der Waals surface area (Å²) in [6, 6.07) is 5.06. The van der Waals surface area contributed by atoms with Crippen LogP contribution in [0.3, 0.4) is 0 Å². The van der Waals surface area contributed by atoms with E-state index in [0.717, 1.165) is 11.4 Å². The molecule has 0 spiro atoms. The smallest absolute Gasteiger partial charge is 0.320 e. The number of aliphatic hydroxyl groups is 1. The molecule has 166 valence electrons. The van der Waals surface area contributed by atoms with E-state index in [0.29, 0.717) is 43.1 Å². The van der Waals surface area contributed by atoms with Gasteiger partial charge in [-0.25, -0.2) is 4.79 Å². The van der Waals surface area contributed by atoms with Crippen LogP contribution in [0.2, 0.25) is 0 Å². The number of likely N-dealkylation sites (tertiary alicyclic amines) is 1. The molecular weight excluding hydrogens is 418 g/mol. The summed E-state index contributed by atoms with van der Waals surface area (Å²) in [5.41, 5.74) is 1.65. The van der Waals surface area contributed by atoms with Gasteiger partial charge in [-0.2, -0.15) is 4.37 Å². The summed E-state index contributed by atoms with van der Waals surface area (Å²) in [6.07, 6.45) is 2.95. The zero-order valence-electron chi connectivity index (χ0n) is 17.6. The third kappa shape index (κ3) is 4.96. The van der Waals surface area contributed by atoms with Gasteiger partial charge in [0.15, 0.2) is 0 Å². The molecule has 1 saturated heterocycles. The van der Waals surface area contributed by atoms with Crippen molar-refractivity contribution >= 4 is 28.5 Å². The normalized spacial score (nSPS) is 25.5. The number of methoxy groups -OCH3 is 1. The molecule has 2 aromatic heterocycles. The number of ether oxygens (including phenoxy) is 1. The van der Waals surface area contributed by atoms with Gasteiger partial charge in [0.1, 0.15) is 10.8 Å². The molecule has 2 aliphatic rings. The quantitative estimate of drug-likeness (QED) is 0.649. The van der Waals surface area contributed by atoms with Gasteiger partial charge in [-0.05, 0) is 55.9 Å². The fourth-order valence-electron chi connectivity index (χ4n) is 4.14. The van der Waals surface area contributed by atoms with Gasteiger partial charge < -0.3 is 20.1 Å². The van der Waals surface area contributed by atoms with Gasteiger partial charge in [0.05, 0.1) is 25.1 Å². The van der Waals surface area contributed by atoms with Crippen LogP contribution in [0.15, 0.2) is 24.4 Å². The van der Waals surface area contributed by atoms with Gasteiger partial charge in [-0.15, -0.1) is 0 Å². The minimum Gasteiger partial charge on any atom is -0.495 e. The monoisotopic (exact) mass is 445 g/mol. The lowest BCUT2D eigenvalue weighted by molar-refractivity contribution is -0.143. The van der Waals surface area contributed by atoms with Gasteiger partial charge in [-0.1, -0.05) is 0 Å². The van der Waals surface area contributed by atoms with Crippen molar-refractivity contribution < 1.29 is 19.4 Å². The average Bonchev–Trinajstić information content (AvgIpc) is 3.15. The molecule has 4 rings (SSSR count). The van der Waals surface area contributed by atoms with Gasteiger partial charge in [0.25, 0.3) is 0 Å². The fraction of sp³-hybridized carbons (Fsp3) is 0.524. The molecule has 2 fully saturated rings. The first kappa shape index (κ1) is 21.5. The molecule has 1 aliphatic heterocycles. The zero-order chi connectivity index (χ0) is 22.0. The van der Waals surface area contributed by atoms with Crippen molar-refractivity contribution in [1.29, 1.82) is 0 Å². The number of nitrogens with zero attached hydrogens (tertiary/aromatic N) is 3. The molecule has 1 saturated carbocycles. The van der Waals surface area contributed by atoms with Crippen molar-refractivity contribution in [2.45, 2.75) is 44.2 Å². The third-order valence-electron chi connectivity index (χ3n) is 5.94. The second kappa shape index (κ2) is 9.19. The van der Waals surface area contributed by atoms with Crippen LogP contribution in [-0.2, 0) is 4.79 Å². The Morgan fingerprint density at radius 3 is 2.74 bits per heavy atom. The number of aromatic nitrogens is 2. The Bertz CT molecular complexity index is 928. The van der Waals surface area contributed by atoms with Crippen molar-refractivity contribution in [2.24, 2.45) is 5.92 Å². The Labute approximate surface area is 185 Å². The van der Waals surface area contributed by atoms with Crippen LogP contribution in [-0.4, -0.2) is 63.6 Å². The topological polar surface area (TPSA) is 117 Å². The van der Waals surface area contributed by atoms with E-state index >= 15 is 0 Å². The molecule has 3 heterocycles. The standard InChI is InChI=1S/C21H27N5O4S/c1-12-7-19(31-25-12)24-21(29)23-18-5-6-26(20(28)13-8-14(27)9-13)11-16(18)17-4-3-15(30-2)10-22-17/h3-4,7,10,13-14,16,18,27H,5-6,8-9,11H2,1-2H3,(H2,23,24,29). The SMILES string of the molecule is COc1ccc(C2CN(C(=O)C3CC(O)C3)CCC2NC(=O)Nc2cc(C)ns2)nc1. The summed E-state index contributed by atoms with van der Waals surface area (Å²) < 4.78 is 9.38. The first-order chi connectivity index (χ1) is 14.9. The molecule has 0 bridgehead atoms. The van der Waals surface area contributed by atoms with E-state index in [1.165, 1.54) is 11.5 Å². The highest BCUT2D eigenvalue weighted by Crippen LogP contribution is 2.33. The molecule has 31 heavy (non-hydrogen) atoms. The van der Waals surface area contributed by atoms with Crippen LogP contribution in [0.1, 0.15) is 36.6 Å². The Balaban J connectivity index is 1.47. The van der Waals surface area contributed by atoms with Crippen molar-refractivity contribution in [3.63, 3.8) is 0 Å². The molecule has 2 aromatic rings. The number of piperidine rings is 1. The number of aryl methyl sites for hydroxylation is 1. The highest BCUT2D eigenvalue weighted by atomic mass is 32.1. The van der Waals surface area contributed by atoms with Crippen LogP contribution in [0.25, 0.3) is 0 Å². The number of aliphatic hydroxyl groups excluding tert-OH is 1. The third-order valence-corrected chi connectivity index (χ3v) is 6.74. The largest absolute Gasteiger partial charge is 0.495 e. The minimum atomic E-state index is -0.369. The Kier molecular flexibility index (Phi) is 6.38. The summed E-state index contributed by atoms with van der Waals surface area (Å²) in [5, 5.41) is 16.1. The summed E-state index contributed by atoms with van der Waals surface area (Å²) in [4.78, 5) is 31.8. The van der Waals surface area contributed by atoms with E-state index in [9.17, 15) is 14.7 Å². The number of hydrogen-bond donors (Lipinski definition) is 3. The maximum Gasteiger partial charge on any atom is 0.320 e. The molecule has 2 unspecified atom stereocenters. The van der Waals surface area contributed by atoms with Crippen molar-refractivity contribution in [3.05, 3.63) is 35.8 Å². The molecular formula is C21H27N5O4S. The van der Waals surface area contributed by atoms with E-state index in [-0.39, 0.29) is 35.9 Å². The lowest BCUT2D eigenvalue weighted by Gasteiger charge is -2.42. The number of nitrogens with one attached hydrogen (secondary N) is 2. The number of amides is 3. The van der Waals surface area contributed by atoms with Crippen LogP contribution < -0.4 is 15.4 Å². The van der Waals surface area contributed by atoms with Gasteiger partial charge in [-0.3, -0.25) is 15.1 Å². The molecule has 0 aromatic carbocycles. The number of hydrogen-bond acceptors (Lipinski definition) is 7. The summed E-state index contributed by atoms with van der Waals surface area (Å²) in [6.45, 7) is 2.90. The lowest BCUT2D eigenvalue weighted by atomic mass is 9.80. The number of carbonyl (C=O) groups excluding carboxylic acids is 2. The summed E-state index contributed by atoms with van der Waals surface area (Å²) in [5.74, 6) is 0.468. The molecule has 9 nitrogen and oxygen atoms in total. The van der Waals surface area contributed by atoms with Crippen LogP contribution in [0.4, 0.5) is 9.80 Å². The van der Waals surface area contributed by atoms with E-state index in [2.05, 4.69) is 20.0 Å². The predicted molar refractivity (Wildman–Crippen MR) is 116 cm³/mol. The first-order valence-corrected chi connectivity index (χ1v) is 11.2. The van der Waals surface area contributed by atoms with E-state index in [1.54, 1.807) is 13.3 Å². The van der Waals surface area contributed by atoms with E-state index in [4.69, 9.17) is 4.74 Å². The predicted octanol–water partition coefficient (Wildman–Crippen LogP) is 2.13. The second-order valence-electron chi connectivity index (χ2n) is 8.16. The Morgan fingerprint density at radius 2 is 2.13 bits per heavy atom. The molecule has 3 amide bonds. The molecule has 1 aliphatic carbocycles. The van der Waals surface area contributed by atoms with Gasteiger partial charge >= 0.3 is 6.03 Å². The molecule has 2 atom stereocenters. The van der Waals surface area contributed by atoms with Crippen molar-refractivity contribution in [2.75, 3.05) is 25.5 Å². The van der Waals surface area contributed by atoms with Gasteiger partial charge in [0.2, 0.25) is 5.91 Å². The van der Waals surface area contributed by atoms with E-state index in [1.807, 2.05) is 30.0 Å². The van der Waals surface area contributed by atoms with Crippen molar-refractivity contribution in [1.82, 2.24) is 19.6 Å². The summed E-state index contributed by atoms with van der Waals surface area (Å²) >= 11 is 1.24. The summed E-state index contributed by atoms with van der Waals surface area (Å²) in [7, 11) is 1.58. The maximum absolute atomic E-state index is 12.8. The number of rotatable bonds is 5. The lowest BCUT2D eigenvalue weighted by Crippen LogP contribution is -2.54. The number of pyridine rings is 1. The average molecular weight is 446 g/mol. The minimum absolute atomic E-state index is 0.0758. The number of anilines is 1. The first-order valence-electron chi connectivity index (χ1n) is 10.4. The number of urea groups is 1. The highest BCUT2D eigenvalue weighted by molar-refractivity contribution is 7.10. The van der Waals surface area contributed by atoms with Crippen LogP contribution in [0.5, 0.6) is 5.75 Å². The molecule has 3 N–H and O–H groups in total. The van der Waals surface area contributed by atoms with Crippen molar-refractivity contribution in [3.8, 4) is 5.75 Å². The van der Waals surface area contributed by atoms with E-state index < -0.39 is 0 Å². The van der Waals surface area contributed by atoms with Crippen LogP contribution in [0, 0.1) is 12.8 Å². The Hall–Kier alpha value is -2.72. The van der Waals surface area contributed by atoms with Crippen LogP contribution >= 0.6 is 11.5 Å². The molecule has 0 radical (unpaired) electrons.